The molecule has 2 N–H and O–H groups in total. The molecule has 0 atom stereocenters. The third kappa shape index (κ3) is 3.57. The van der Waals surface area contributed by atoms with Crippen LogP contribution in [0.15, 0.2) is 60.7 Å². The van der Waals surface area contributed by atoms with Gasteiger partial charge >= 0.3 is 0 Å². The van der Waals surface area contributed by atoms with Gasteiger partial charge in [0.25, 0.3) is 0 Å². The van der Waals surface area contributed by atoms with E-state index in [4.69, 9.17) is 15.2 Å². The minimum absolute atomic E-state index is 0.420. The van der Waals surface area contributed by atoms with Crippen LogP contribution in [0, 0.1) is 0 Å². The number of benzene rings is 3. The summed E-state index contributed by atoms with van der Waals surface area (Å²) in [7, 11) is 1.69. The molecule has 1 heterocycles. The predicted octanol–water partition coefficient (Wildman–Crippen LogP) is 4.49. The van der Waals surface area contributed by atoms with Gasteiger partial charge in [-0.25, -0.2) is 0 Å². The van der Waals surface area contributed by atoms with Crippen molar-refractivity contribution in [2.24, 2.45) is 5.73 Å². The Morgan fingerprint density at radius 2 is 1.76 bits per heavy atom. The number of hydrogen-bond acceptors (Lipinski definition) is 3. The Morgan fingerprint density at radius 1 is 1.00 bits per heavy atom. The molecule has 5 nitrogen and oxygen atoms in total. The maximum atomic E-state index is 12.1. The smallest absolute Gasteiger partial charge is 0.249 e. The van der Waals surface area contributed by atoms with Crippen LogP contribution in [0.1, 0.15) is 28.4 Å². The van der Waals surface area contributed by atoms with Crippen LogP contribution >= 0.6 is 0 Å². The molecule has 0 bridgehead atoms. The van der Waals surface area contributed by atoms with Gasteiger partial charge in [0.05, 0.1) is 18.7 Å². The lowest BCUT2D eigenvalue weighted by atomic mass is 10.0. The quantitative estimate of drug-likeness (QED) is 0.507. The molecule has 0 aliphatic heterocycles. The Labute approximate surface area is 169 Å². The SMILES string of the molecule is CCOc1ccc(Cn2c3cc(COC)ccc3c3c(C(N)=O)cccc32)cc1. The molecule has 0 aliphatic carbocycles. The van der Waals surface area contributed by atoms with Crippen LogP contribution in [-0.2, 0) is 17.9 Å². The zero-order valence-electron chi connectivity index (χ0n) is 16.6. The highest BCUT2D eigenvalue weighted by Crippen LogP contribution is 2.33. The van der Waals surface area contributed by atoms with Crippen molar-refractivity contribution >= 4 is 27.7 Å². The summed E-state index contributed by atoms with van der Waals surface area (Å²) >= 11 is 0. The van der Waals surface area contributed by atoms with E-state index >= 15 is 0 Å². The Hall–Kier alpha value is -3.31. The molecule has 0 saturated heterocycles. The zero-order chi connectivity index (χ0) is 20.4. The van der Waals surface area contributed by atoms with Gasteiger partial charge in [0, 0.05) is 35.5 Å². The van der Waals surface area contributed by atoms with Crippen LogP contribution in [0.5, 0.6) is 5.75 Å². The number of nitrogens with two attached hydrogens (primary N) is 1. The van der Waals surface area contributed by atoms with Gasteiger partial charge in [-0.3, -0.25) is 4.79 Å². The predicted molar refractivity (Wildman–Crippen MR) is 115 cm³/mol. The first kappa shape index (κ1) is 19.0. The largest absolute Gasteiger partial charge is 0.494 e. The number of ether oxygens (including phenoxy) is 2. The van der Waals surface area contributed by atoms with Crippen molar-refractivity contribution < 1.29 is 14.3 Å². The molecule has 0 spiro atoms. The Morgan fingerprint density at radius 3 is 2.45 bits per heavy atom. The number of carbonyl (C=O) groups is 1. The molecule has 0 fully saturated rings. The van der Waals surface area contributed by atoms with Crippen molar-refractivity contribution in [3.8, 4) is 5.75 Å². The summed E-state index contributed by atoms with van der Waals surface area (Å²) in [6.45, 7) is 3.82. The molecule has 5 heteroatoms. The maximum absolute atomic E-state index is 12.1. The molecule has 0 saturated carbocycles. The van der Waals surface area contributed by atoms with Crippen molar-refractivity contribution in [2.75, 3.05) is 13.7 Å². The van der Waals surface area contributed by atoms with E-state index < -0.39 is 5.91 Å². The van der Waals surface area contributed by atoms with E-state index in [1.807, 2.05) is 43.3 Å². The van der Waals surface area contributed by atoms with E-state index in [2.05, 4.69) is 22.8 Å². The first-order chi connectivity index (χ1) is 14.1. The lowest BCUT2D eigenvalue weighted by Crippen LogP contribution is -2.11. The van der Waals surface area contributed by atoms with Crippen LogP contribution in [0.2, 0.25) is 0 Å². The highest BCUT2D eigenvalue weighted by Gasteiger charge is 2.17. The van der Waals surface area contributed by atoms with Crippen molar-refractivity contribution in [1.82, 2.24) is 4.57 Å². The zero-order valence-corrected chi connectivity index (χ0v) is 16.6. The second-order valence-electron chi connectivity index (χ2n) is 7.01. The fourth-order valence-electron chi connectivity index (χ4n) is 3.86. The van der Waals surface area contributed by atoms with Gasteiger partial charge in [-0.1, -0.05) is 30.3 Å². The molecule has 29 heavy (non-hydrogen) atoms. The van der Waals surface area contributed by atoms with E-state index in [-0.39, 0.29) is 0 Å². The van der Waals surface area contributed by atoms with Crippen molar-refractivity contribution in [1.29, 1.82) is 0 Å². The van der Waals surface area contributed by atoms with Gasteiger partial charge in [0.1, 0.15) is 5.75 Å². The lowest BCUT2D eigenvalue weighted by Gasteiger charge is -2.10. The normalized spacial score (nSPS) is 11.2. The Bertz CT molecular complexity index is 1180. The summed E-state index contributed by atoms with van der Waals surface area (Å²) in [6.07, 6.45) is 0. The number of nitrogens with zero attached hydrogens (tertiary/aromatic N) is 1. The summed E-state index contributed by atoms with van der Waals surface area (Å²) < 4.78 is 13.1. The first-order valence-electron chi connectivity index (χ1n) is 9.66. The average Bonchev–Trinajstić information content (AvgIpc) is 3.03. The minimum atomic E-state index is -0.420. The Balaban J connectivity index is 1.90. The van der Waals surface area contributed by atoms with Crippen LogP contribution in [-0.4, -0.2) is 24.2 Å². The summed E-state index contributed by atoms with van der Waals surface area (Å²) in [5.41, 5.74) is 10.5. The monoisotopic (exact) mass is 388 g/mol. The number of fused-ring (bicyclic) bond motifs is 3. The van der Waals surface area contributed by atoms with Crippen molar-refractivity contribution in [3.63, 3.8) is 0 Å². The molecule has 4 rings (SSSR count). The van der Waals surface area contributed by atoms with E-state index in [0.717, 1.165) is 38.7 Å². The van der Waals surface area contributed by atoms with Gasteiger partial charge in [-0.05, 0) is 48.4 Å². The Kier molecular flexibility index (Phi) is 5.23. The molecular weight excluding hydrogens is 364 g/mol. The third-order valence-electron chi connectivity index (χ3n) is 5.11. The van der Waals surface area contributed by atoms with Crippen LogP contribution < -0.4 is 10.5 Å². The molecular formula is C24H24N2O3. The molecule has 1 amide bonds. The van der Waals surface area contributed by atoms with Gasteiger partial charge in [-0.2, -0.15) is 0 Å². The summed E-state index contributed by atoms with van der Waals surface area (Å²) in [6, 6.07) is 20.0. The molecule has 4 aromatic rings. The second kappa shape index (κ2) is 7.97. The van der Waals surface area contributed by atoms with Crippen LogP contribution in [0.3, 0.4) is 0 Å². The summed E-state index contributed by atoms with van der Waals surface area (Å²) in [5.74, 6) is 0.438. The van der Waals surface area contributed by atoms with Gasteiger partial charge in [0.15, 0.2) is 0 Å². The molecule has 0 unspecified atom stereocenters. The van der Waals surface area contributed by atoms with Crippen LogP contribution in [0.25, 0.3) is 21.8 Å². The minimum Gasteiger partial charge on any atom is -0.494 e. The molecule has 1 aromatic heterocycles. The average molecular weight is 388 g/mol. The van der Waals surface area contributed by atoms with E-state index in [0.29, 0.717) is 25.3 Å². The molecule has 148 valence electrons. The van der Waals surface area contributed by atoms with Crippen molar-refractivity contribution in [2.45, 2.75) is 20.1 Å². The highest BCUT2D eigenvalue weighted by molar-refractivity contribution is 6.17. The number of amides is 1. The molecule has 0 aliphatic rings. The maximum Gasteiger partial charge on any atom is 0.249 e. The standard InChI is InChI=1S/C24H24N2O3/c1-3-29-18-10-7-16(8-11-18)14-26-21-6-4-5-20(24(25)27)23(21)19-12-9-17(15-28-2)13-22(19)26/h4-13H,3,14-15H2,1-2H3,(H2,25,27). The number of aromatic nitrogens is 1. The first-order valence-corrected chi connectivity index (χ1v) is 9.66. The summed E-state index contributed by atoms with van der Waals surface area (Å²) in [4.78, 5) is 12.1. The van der Waals surface area contributed by atoms with Gasteiger partial charge < -0.3 is 19.8 Å². The number of rotatable bonds is 7. The number of methoxy groups -OCH3 is 1. The third-order valence-corrected chi connectivity index (χ3v) is 5.11. The van der Waals surface area contributed by atoms with Crippen LogP contribution in [0.4, 0.5) is 0 Å². The molecule has 0 radical (unpaired) electrons. The van der Waals surface area contributed by atoms with Gasteiger partial charge in [-0.15, -0.1) is 0 Å². The highest BCUT2D eigenvalue weighted by atomic mass is 16.5. The number of primary amides is 1. The molecule has 3 aromatic carbocycles. The van der Waals surface area contributed by atoms with Crippen molar-refractivity contribution in [3.05, 3.63) is 77.4 Å². The second-order valence-corrected chi connectivity index (χ2v) is 7.01. The van der Waals surface area contributed by atoms with Gasteiger partial charge in [0.2, 0.25) is 5.91 Å². The summed E-state index contributed by atoms with van der Waals surface area (Å²) in [5, 5.41) is 1.91. The van der Waals surface area contributed by atoms with E-state index in [1.54, 1.807) is 13.2 Å². The number of hydrogen-bond donors (Lipinski definition) is 1. The fraction of sp³-hybridized carbons (Fsp3) is 0.208. The fourth-order valence-corrected chi connectivity index (χ4v) is 3.86. The number of carbonyl (C=O) groups excluding carboxylic acids is 1. The topological polar surface area (TPSA) is 66.5 Å². The van der Waals surface area contributed by atoms with E-state index in [1.165, 1.54) is 0 Å². The van der Waals surface area contributed by atoms with E-state index in [9.17, 15) is 4.79 Å². The lowest BCUT2D eigenvalue weighted by molar-refractivity contribution is 0.100.